The van der Waals surface area contributed by atoms with Crippen molar-refractivity contribution in [3.05, 3.63) is 48.2 Å². The summed E-state index contributed by atoms with van der Waals surface area (Å²) in [6.07, 6.45) is 3.48. The zero-order valence-corrected chi connectivity index (χ0v) is 14.4. The largest absolute Gasteiger partial charge is 0.451 e. The third-order valence-electron chi connectivity index (χ3n) is 5.26. The topological polar surface area (TPSA) is 51.9 Å². The number of ether oxygens (including phenoxy) is 2. The van der Waals surface area contributed by atoms with Crippen molar-refractivity contribution in [2.45, 2.75) is 38.0 Å². The number of hydrogen-bond donors (Lipinski definition) is 0. The van der Waals surface area contributed by atoms with Crippen LogP contribution in [0.4, 0.5) is 0 Å². The lowest BCUT2D eigenvalue weighted by atomic mass is 10.1. The van der Waals surface area contributed by atoms with Crippen LogP contribution in [0, 0.1) is 6.92 Å². The molecular formula is C20H23NO4. The molecule has 4 rings (SSSR count). The zero-order chi connectivity index (χ0) is 17.4. The lowest BCUT2D eigenvalue weighted by Crippen LogP contribution is -2.54. The highest BCUT2D eigenvalue weighted by molar-refractivity contribution is 5.99. The quantitative estimate of drug-likeness (QED) is 0.801. The van der Waals surface area contributed by atoms with E-state index in [1.165, 1.54) is 0 Å². The Morgan fingerprint density at radius 1 is 1.40 bits per heavy atom. The molecule has 2 heterocycles. The Balaban J connectivity index is 1.59. The molecule has 0 N–H and O–H groups in total. The van der Waals surface area contributed by atoms with Gasteiger partial charge in [-0.05, 0) is 25.8 Å². The van der Waals surface area contributed by atoms with Crippen LogP contribution in [-0.2, 0) is 9.47 Å². The standard InChI is InChI=1S/C20H23NO4/c1-3-11-23-17-9-8-15-19(17)24-12-10-21(15)20(22)18-13(2)14-6-4-5-7-16(14)25-18/h3-7,15,17,19H,1,8-12H2,2H3/t15-,17+,19+/m1/s1. The molecule has 1 saturated heterocycles. The van der Waals surface area contributed by atoms with Gasteiger partial charge in [0.05, 0.1) is 25.4 Å². The Morgan fingerprint density at radius 2 is 2.24 bits per heavy atom. The summed E-state index contributed by atoms with van der Waals surface area (Å²) in [5.74, 6) is 0.397. The summed E-state index contributed by atoms with van der Waals surface area (Å²) in [6.45, 7) is 7.27. The highest BCUT2D eigenvalue weighted by atomic mass is 16.5. The smallest absolute Gasteiger partial charge is 0.290 e. The van der Waals surface area contributed by atoms with Gasteiger partial charge in [0.25, 0.3) is 5.91 Å². The number of fused-ring (bicyclic) bond motifs is 2. The number of carbonyl (C=O) groups excluding carboxylic acids is 1. The van der Waals surface area contributed by atoms with Gasteiger partial charge in [-0.2, -0.15) is 0 Å². The van der Waals surface area contributed by atoms with Gasteiger partial charge < -0.3 is 18.8 Å². The van der Waals surface area contributed by atoms with Crippen LogP contribution in [0.15, 0.2) is 41.3 Å². The number of furan rings is 1. The number of benzene rings is 1. The zero-order valence-electron chi connectivity index (χ0n) is 14.4. The third-order valence-corrected chi connectivity index (χ3v) is 5.26. The number of carbonyl (C=O) groups is 1. The van der Waals surface area contributed by atoms with Crippen LogP contribution in [0.1, 0.15) is 29.0 Å². The Labute approximate surface area is 147 Å². The molecule has 25 heavy (non-hydrogen) atoms. The fourth-order valence-electron chi connectivity index (χ4n) is 4.05. The maximum absolute atomic E-state index is 13.2. The molecule has 0 spiro atoms. The first-order valence-corrected chi connectivity index (χ1v) is 8.84. The van der Waals surface area contributed by atoms with Gasteiger partial charge in [0, 0.05) is 17.5 Å². The van der Waals surface area contributed by atoms with Crippen LogP contribution < -0.4 is 0 Å². The monoisotopic (exact) mass is 341 g/mol. The second-order valence-electron chi connectivity index (χ2n) is 6.69. The van der Waals surface area contributed by atoms with E-state index in [9.17, 15) is 4.79 Å². The average molecular weight is 341 g/mol. The first kappa shape index (κ1) is 16.4. The van der Waals surface area contributed by atoms with Crippen molar-refractivity contribution in [2.75, 3.05) is 19.8 Å². The first-order chi connectivity index (χ1) is 12.2. The second-order valence-corrected chi connectivity index (χ2v) is 6.69. The highest BCUT2D eigenvalue weighted by Crippen LogP contribution is 2.34. The summed E-state index contributed by atoms with van der Waals surface area (Å²) in [7, 11) is 0. The van der Waals surface area contributed by atoms with Gasteiger partial charge in [0.15, 0.2) is 5.76 Å². The van der Waals surface area contributed by atoms with Crippen molar-refractivity contribution in [3.63, 3.8) is 0 Å². The van der Waals surface area contributed by atoms with Crippen LogP contribution in [0.2, 0.25) is 0 Å². The number of aryl methyl sites for hydroxylation is 1. The Morgan fingerprint density at radius 3 is 3.04 bits per heavy atom. The van der Waals surface area contributed by atoms with Crippen LogP contribution in [0.25, 0.3) is 11.0 Å². The summed E-state index contributed by atoms with van der Waals surface area (Å²) in [6, 6.07) is 7.81. The molecule has 0 bridgehead atoms. The fraction of sp³-hybridized carbons (Fsp3) is 0.450. The molecule has 1 aromatic carbocycles. The lowest BCUT2D eigenvalue weighted by molar-refractivity contribution is -0.100. The molecular weight excluding hydrogens is 318 g/mol. The Bertz CT molecular complexity index is 796. The summed E-state index contributed by atoms with van der Waals surface area (Å²) in [5, 5.41) is 0.995. The molecule has 1 amide bonds. The molecule has 1 saturated carbocycles. The van der Waals surface area contributed by atoms with E-state index in [1.807, 2.05) is 36.1 Å². The van der Waals surface area contributed by atoms with Gasteiger partial charge in [0.2, 0.25) is 0 Å². The molecule has 132 valence electrons. The maximum atomic E-state index is 13.2. The van der Waals surface area contributed by atoms with E-state index in [0.29, 0.717) is 25.5 Å². The molecule has 3 atom stereocenters. The second kappa shape index (κ2) is 6.65. The first-order valence-electron chi connectivity index (χ1n) is 8.84. The molecule has 1 aliphatic carbocycles. The lowest BCUT2D eigenvalue weighted by Gasteiger charge is -2.38. The van der Waals surface area contributed by atoms with E-state index in [1.54, 1.807) is 6.08 Å². The number of para-hydroxylation sites is 1. The molecule has 0 unspecified atom stereocenters. The summed E-state index contributed by atoms with van der Waals surface area (Å²) in [5.41, 5.74) is 1.66. The van der Waals surface area contributed by atoms with Gasteiger partial charge in [-0.15, -0.1) is 6.58 Å². The van der Waals surface area contributed by atoms with Gasteiger partial charge in [0.1, 0.15) is 11.7 Å². The number of hydrogen-bond acceptors (Lipinski definition) is 4. The Kier molecular flexibility index (Phi) is 4.36. The number of morpholine rings is 1. The minimum atomic E-state index is -0.0673. The predicted octanol–water partition coefficient (Wildman–Crippen LogP) is 3.32. The summed E-state index contributed by atoms with van der Waals surface area (Å²) < 4.78 is 17.6. The van der Waals surface area contributed by atoms with Gasteiger partial charge in [-0.25, -0.2) is 0 Å². The van der Waals surface area contributed by atoms with Crippen molar-refractivity contribution in [1.29, 1.82) is 0 Å². The van der Waals surface area contributed by atoms with E-state index < -0.39 is 0 Å². The number of rotatable bonds is 4. The molecule has 5 heteroatoms. The van der Waals surface area contributed by atoms with Crippen LogP contribution in [0.3, 0.4) is 0 Å². The van der Waals surface area contributed by atoms with Gasteiger partial charge >= 0.3 is 0 Å². The predicted molar refractivity (Wildman–Crippen MR) is 94.7 cm³/mol. The maximum Gasteiger partial charge on any atom is 0.290 e. The average Bonchev–Trinajstić information content (AvgIpc) is 3.21. The molecule has 2 aromatic rings. The molecule has 1 aliphatic heterocycles. The molecule has 5 nitrogen and oxygen atoms in total. The highest BCUT2D eigenvalue weighted by Gasteiger charge is 2.45. The molecule has 2 fully saturated rings. The SMILES string of the molecule is C=CCO[C@H]1CC[C@@H]2[C@@H]1OCCN2C(=O)c1oc2ccccc2c1C. The van der Waals surface area contributed by atoms with E-state index in [2.05, 4.69) is 6.58 Å². The number of amides is 1. The Hall–Kier alpha value is -2.11. The number of nitrogens with zero attached hydrogens (tertiary/aromatic N) is 1. The fourth-order valence-corrected chi connectivity index (χ4v) is 4.05. The van der Waals surface area contributed by atoms with Crippen LogP contribution in [0.5, 0.6) is 0 Å². The minimum Gasteiger partial charge on any atom is -0.451 e. The van der Waals surface area contributed by atoms with Gasteiger partial charge in [-0.3, -0.25) is 4.79 Å². The van der Waals surface area contributed by atoms with E-state index in [0.717, 1.165) is 29.4 Å². The van der Waals surface area contributed by atoms with E-state index in [-0.39, 0.29) is 24.2 Å². The normalized spacial score (nSPS) is 26.0. The summed E-state index contributed by atoms with van der Waals surface area (Å²) in [4.78, 5) is 15.1. The molecule has 1 aromatic heterocycles. The van der Waals surface area contributed by atoms with Gasteiger partial charge in [-0.1, -0.05) is 24.3 Å². The summed E-state index contributed by atoms with van der Waals surface area (Å²) >= 11 is 0. The van der Waals surface area contributed by atoms with Crippen LogP contribution >= 0.6 is 0 Å². The molecule has 2 aliphatic rings. The van der Waals surface area contributed by atoms with Crippen molar-refractivity contribution in [3.8, 4) is 0 Å². The molecule has 0 radical (unpaired) electrons. The van der Waals surface area contributed by atoms with Crippen molar-refractivity contribution in [2.24, 2.45) is 0 Å². The van der Waals surface area contributed by atoms with Crippen LogP contribution in [-0.4, -0.2) is 48.8 Å². The van der Waals surface area contributed by atoms with Crippen molar-refractivity contribution in [1.82, 2.24) is 4.90 Å². The van der Waals surface area contributed by atoms with E-state index in [4.69, 9.17) is 13.9 Å². The van der Waals surface area contributed by atoms with E-state index >= 15 is 0 Å². The third kappa shape index (κ3) is 2.77. The minimum absolute atomic E-state index is 0.0235. The van der Waals surface area contributed by atoms with Crippen molar-refractivity contribution < 1.29 is 18.7 Å². The van der Waals surface area contributed by atoms with Crippen molar-refractivity contribution >= 4 is 16.9 Å².